The van der Waals surface area contributed by atoms with Gasteiger partial charge in [0.15, 0.2) is 5.82 Å². The first-order valence-electron chi connectivity index (χ1n) is 4.54. The Morgan fingerprint density at radius 1 is 1.20 bits per heavy atom. The van der Waals surface area contributed by atoms with E-state index in [1.54, 1.807) is 6.92 Å². The topological polar surface area (TPSA) is 74.1 Å². The number of hydrogen-bond acceptors (Lipinski definition) is 5. The summed E-state index contributed by atoms with van der Waals surface area (Å²) in [6.45, 7) is 5.74. The van der Waals surface area contributed by atoms with Crippen LogP contribution in [0.3, 0.4) is 0 Å². The molecule has 2 rings (SSSR count). The van der Waals surface area contributed by atoms with Crippen molar-refractivity contribution < 1.29 is 9.05 Å². The molecule has 2 heterocycles. The highest BCUT2D eigenvalue weighted by atomic mass is 16.5. The second-order valence-corrected chi connectivity index (χ2v) is 3.38. The molecule has 2 aromatic rings. The quantitative estimate of drug-likeness (QED) is 0.731. The molecular weight excluding hydrogens is 198 g/mol. The molecule has 0 aromatic carbocycles. The van der Waals surface area contributed by atoms with E-state index in [1.165, 1.54) is 4.57 Å². The molecule has 0 aliphatic carbocycles. The summed E-state index contributed by atoms with van der Waals surface area (Å²) in [6.07, 6.45) is 0. The average Bonchev–Trinajstić information content (AvgIpc) is 2.67. The van der Waals surface area contributed by atoms with E-state index in [1.807, 2.05) is 13.8 Å². The second-order valence-electron chi connectivity index (χ2n) is 3.38. The van der Waals surface area contributed by atoms with Gasteiger partial charge in [0, 0.05) is 5.56 Å². The van der Waals surface area contributed by atoms with Gasteiger partial charge in [-0.2, -0.15) is 0 Å². The van der Waals surface area contributed by atoms with Gasteiger partial charge in [-0.3, -0.25) is 9.09 Å². The fourth-order valence-corrected chi connectivity index (χ4v) is 1.40. The second kappa shape index (κ2) is 3.38. The predicted octanol–water partition coefficient (Wildman–Crippen LogP) is 0.798. The number of nitrogens with zero attached hydrogens (tertiary/aromatic N) is 3. The van der Waals surface area contributed by atoms with Crippen molar-refractivity contribution in [3.63, 3.8) is 0 Å². The van der Waals surface area contributed by atoms with Gasteiger partial charge in [-0.15, -0.1) is 0 Å². The summed E-state index contributed by atoms with van der Waals surface area (Å²) >= 11 is 0. The molecule has 0 aliphatic rings. The van der Waals surface area contributed by atoms with Gasteiger partial charge < -0.3 is 4.52 Å². The Labute approximate surface area is 85.5 Å². The van der Waals surface area contributed by atoms with E-state index in [0.717, 1.165) is 11.3 Å². The van der Waals surface area contributed by atoms with Crippen LogP contribution in [0.2, 0.25) is 0 Å². The fourth-order valence-electron chi connectivity index (χ4n) is 1.40. The third-order valence-corrected chi connectivity index (χ3v) is 2.36. The first kappa shape index (κ1) is 9.70. The van der Waals surface area contributed by atoms with Crippen LogP contribution in [0.4, 0.5) is 0 Å². The van der Waals surface area contributed by atoms with Crippen molar-refractivity contribution >= 4 is 0 Å². The minimum Gasteiger partial charge on any atom is -0.361 e. The smallest absolute Gasteiger partial charge is 0.361 e. The Hall–Kier alpha value is -1.85. The minimum absolute atomic E-state index is 0.384. The molecule has 0 bridgehead atoms. The van der Waals surface area contributed by atoms with Crippen LogP contribution in [0.5, 0.6) is 0 Å². The molecular formula is C9H11N3O3. The summed E-state index contributed by atoms with van der Waals surface area (Å²) in [5.74, 6) is 0.785. The standard InChI is InChI=1S/C9H11N3O3/c1-5-8(6(2)14-10-5)4-12-7(3)11-15-9(12)13/h4H2,1-3H3. The van der Waals surface area contributed by atoms with Crippen molar-refractivity contribution in [2.24, 2.45) is 0 Å². The third-order valence-electron chi connectivity index (χ3n) is 2.36. The number of aromatic nitrogens is 3. The van der Waals surface area contributed by atoms with Crippen LogP contribution in [0, 0.1) is 20.8 Å². The van der Waals surface area contributed by atoms with Crippen molar-refractivity contribution in [3.05, 3.63) is 33.4 Å². The van der Waals surface area contributed by atoms with Crippen molar-refractivity contribution in [1.29, 1.82) is 0 Å². The molecule has 0 aliphatic heterocycles. The van der Waals surface area contributed by atoms with Crippen LogP contribution in [-0.2, 0) is 6.54 Å². The van der Waals surface area contributed by atoms with Gasteiger partial charge in [0.05, 0.1) is 12.2 Å². The van der Waals surface area contributed by atoms with Gasteiger partial charge in [-0.25, -0.2) is 4.79 Å². The zero-order chi connectivity index (χ0) is 11.0. The molecule has 0 fully saturated rings. The van der Waals surface area contributed by atoms with Gasteiger partial charge in [0.2, 0.25) is 0 Å². The number of aryl methyl sites for hydroxylation is 3. The summed E-state index contributed by atoms with van der Waals surface area (Å²) in [5.41, 5.74) is 1.67. The van der Waals surface area contributed by atoms with Gasteiger partial charge in [0.1, 0.15) is 5.76 Å². The van der Waals surface area contributed by atoms with E-state index in [2.05, 4.69) is 14.8 Å². The molecule has 0 N–H and O–H groups in total. The molecule has 0 atom stereocenters. The molecule has 0 unspecified atom stereocenters. The lowest BCUT2D eigenvalue weighted by Crippen LogP contribution is -2.17. The number of hydrogen-bond donors (Lipinski definition) is 0. The summed E-state index contributed by atoms with van der Waals surface area (Å²) < 4.78 is 11.0. The summed E-state index contributed by atoms with van der Waals surface area (Å²) in [5, 5.41) is 7.40. The monoisotopic (exact) mass is 209 g/mol. The van der Waals surface area contributed by atoms with Crippen molar-refractivity contribution in [2.45, 2.75) is 27.3 Å². The van der Waals surface area contributed by atoms with Gasteiger partial charge >= 0.3 is 5.76 Å². The van der Waals surface area contributed by atoms with E-state index in [4.69, 9.17) is 4.52 Å². The molecule has 0 spiro atoms. The van der Waals surface area contributed by atoms with Crippen LogP contribution < -0.4 is 5.76 Å². The average molecular weight is 209 g/mol. The largest absolute Gasteiger partial charge is 0.441 e. The summed E-state index contributed by atoms with van der Waals surface area (Å²) in [7, 11) is 0. The lowest BCUT2D eigenvalue weighted by Gasteiger charge is -2.00. The first-order valence-corrected chi connectivity index (χ1v) is 4.54. The number of rotatable bonds is 2. The third kappa shape index (κ3) is 1.58. The lowest BCUT2D eigenvalue weighted by atomic mass is 10.2. The van der Waals surface area contributed by atoms with E-state index in [0.29, 0.717) is 18.1 Å². The highest BCUT2D eigenvalue weighted by molar-refractivity contribution is 5.21. The Bertz CT molecular complexity index is 516. The van der Waals surface area contributed by atoms with Gasteiger partial charge in [-0.1, -0.05) is 10.3 Å². The van der Waals surface area contributed by atoms with E-state index >= 15 is 0 Å². The summed E-state index contributed by atoms with van der Waals surface area (Å²) in [4.78, 5) is 11.3. The van der Waals surface area contributed by atoms with Crippen LogP contribution in [0.25, 0.3) is 0 Å². The maximum atomic E-state index is 11.3. The minimum atomic E-state index is -0.465. The SMILES string of the molecule is Cc1noc(C)c1Cn1c(C)noc1=O. The van der Waals surface area contributed by atoms with Crippen LogP contribution in [-0.4, -0.2) is 14.9 Å². The zero-order valence-corrected chi connectivity index (χ0v) is 8.77. The molecule has 6 nitrogen and oxygen atoms in total. The van der Waals surface area contributed by atoms with Crippen LogP contribution in [0.1, 0.15) is 22.8 Å². The molecule has 0 saturated heterocycles. The highest BCUT2D eigenvalue weighted by Crippen LogP contribution is 2.13. The molecule has 6 heteroatoms. The lowest BCUT2D eigenvalue weighted by molar-refractivity contribution is 0.375. The van der Waals surface area contributed by atoms with E-state index < -0.39 is 5.76 Å². The van der Waals surface area contributed by atoms with Gasteiger partial charge in [0.25, 0.3) is 0 Å². The molecule has 80 valence electrons. The predicted molar refractivity (Wildman–Crippen MR) is 50.6 cm³/mol. The molecule has 0 saturated carbocycles. The van der Waals surface area contributed by atoms with Gasteiger partial charge in [-0.05, 0) is 20.8 Å². The van der Waals surface area contributed by atoms with Crippen LogP contribution in [0.15, 0.2) is 13.8 Å². The summed E-state index contributed by atoms with van der Waals surface area (Å²) in [6, 6.07) is 0. The first-order chi connectivity index (χ1) is 7.09. The molecule has 2 aromatic heterocycles. The Kier molecular flexibility index (Phi) is 2.18. The highest BCUT2D eigenvalue weighted by Gasteiger charge is 2.13. The van der Waals surface area contributed by atoms with Crippen LogP contribution >= 0.6 is 0 Å². The maximum absolute atomic E-state index is 11.3. The van der Waals surface area contributed by atoms with Crippen molar-refractivity contribution in [1.82, 2.24) is 14.9 Å². The molecule has 0 radical (unpaired) electrons. The Morgan fingerprint density at radius 2 is 1.93 bits per heavy atom. The Morgan fingerprint density at radius 3 is 2.40 bits per heavy atom. The van der Waals surface area contributed by atoms with Crippen molar-refractivity contribution in [2.75, 3.05) is 0 Å². The molecule has 15 heavy (non-hydrogen) atoms. The Balaban J connectivity index is 2.42. The zero-order valence-electron chi connectivity index (χ0n) is 8.77. The van der Waals surface area contributed by atoms with Crippen molar-refractivity contribution in [3.8, 4) is 0 Å². The van der Waals surface area contributed by atoms with E-state index in [-0.39, 0.29) is 0 Å². The molecule has 0 amide bonds. The maximum Gasteiger partial charge on any atom is 0.441 e. The normalized spacial score (nSPS) is 10.9. The van der Waals surface area contributed by atoms with E-state index in [9.17, 15) is 4.79 Å². The fraction of sp³-hybridized carbons (Fsp3) is 0.444.